The van der Waals surface area contributed by atoms with Crippen molar-refractivity contribution in [1.29, 1.82) is 0 Å². The number of carbonyl (C=O) groups is 2. The number of halogens is 1. The van der Waals surface area contributed by atoms with Gasteiger partial charge in [0.15, 0.2) is 0 Å². The number of ether oxygens (including phenoxy) is 1. The van der Waals surface area contributed by atoms with E-state index in [9.17, 15) is 9.59 Å². The van der Waals surface area contributed by atoms with E-state index in [4.69, 9.17) is 16.3 Å². The summed E-state index contributed by atoms with van der Waals surface area (Å²) >= 11 is 7.59. The second kappa shape index (κ2) is 8.59. The third-order valence-electron chi connectivity index (χ3n) is 4.34. The predicted molar refractivity (Wildman–Crippen MR) is 116 cm³/mol. The van der Waals surface area contributed by atoms with Crippen LogP contribution in [0.5, 0.6) is 5.75 Å². The van der Waals surface area contributed by atoms with Gasteiger partial charge in [0.25, 0.3) is 5.91 Å². The fraction of sp³-hybridized carbons (Fsp3) is 0.0909. The van der Waals surface area contributed by atoms with Gasteiger partial charge in [0.1, 0.15) is 12.4 Å². The molecule has 0 aromatic heterocycles. The van der Waals surface area contributed by atoms with Crippen molar-refractivity contribution in [1.82, 2.24) is 0 Å². The molecule has 0 unspecified atom stereocenters. The van der Waals surface area contributed by atoms with Crippen LogP contribution in [0.25, 0.3) is 0 Å². The molecule has 5 nitrogen and oxygen atoms in total. The Hall–Kier alpha value is -2.96. The number of rotatable bonds is 5. The van der Waals surface area contributed by atoms with E-state index >= 15 is 0 Å². The van der Waals surface area contributed by atoms with Crippen molar-refractivity contribution in [2.45, 2.75) is 11.5 Å². The first-order valence-electron chi connectivity index (χ1n) is 8.93. The molecule has 7 heteroatoms. The fourth-order valence-electron chi connectivity index (χ4n) is 2.84. The van der Waals surface area contributed by atoms with Crippen LogP contribution in [0.15, 0.2) is 71.6 Å². The highest BCUT2D eigenvalue weighted by atomic mass is 35.5. The molecule has 0 spiro atoms. The summed E-state index contributed by atoms with van der Waals surface area (Å²) in [6.45, 7) is 0.365. The number of fused-ring (bicyclic) bond motifs is 1. The third-order valence-corrected chi connectivity index (χ3v) is 5.78. The number of carbonyl (C=O) groups excluding carboxylic acids is 2. The Morgan fingerprint density at radius 3 is 2.69 bits per heavy atom. The average Bonchev–Trinajstić information content (AvgIpc) is 2.73. The topological polar surface area (TPSA) is 67.4 Å². The number of thioether (sulfide) groups is 1. The summed E-state index contributed by atoms with van der Waals surface area (Å²) in [5, 5.41) is 6.31. The van der Waals surface area contributed by atoms with E-state index in [1.165, 1.54) is 11.8 Å². The van der Waals surface area contributed by atoms with Gasteiger partial charge in [0, 0.05) is 26.7 Å². The van der Waals surface area contributed by atoms with E-state index in [1.54, 1.807) is 36.4 Å². The van der Waals surface area contributed by atoms with Crippen molar-refractivity contribution < 1.29 is 14.3 Å². The average molecular weight is 425 g/mol. The van der Waals surface area contributed by atoms with Crippen molar-refractivity contribution in [2.24, 2.45) is 0 Å². The van der Waals surface area contributed by atoms with Crippen molar-refractivity contribution in [3.63, 3.8) is 0 Å². The largest absolute Gasteiger partial charge is 0.489 e. The van der Waals surface area contributed by atoms with Crippen LogP contribution in [-0.4, -0.2) is 17.6 Å². The zero-order chi connectivity index (χ0) is 20.2. The number of benzene rings is 3. The highest BCUT2D eigenvalue weighted by Gasteiger charge is 2.17. The lowest BCUT2D eigenvalue weighted by molar-refractivity contribution is -0.113. The third kappa shape index (κ3) is 4.72. The zero-order valence-corrected chi connectivity index (χ0v) is 16.8. The molecule has 1 aliphatic heterocycles. The summed E-state index contributed by atoms with van der Waals surface area (Å²) in [6, 6.07) is 19.9. The number of amides is 2. The van der Waals surface area contributed by atoms with E-state index < -0.39 is 0 Å². The number of anilines is 2. The zero-order valence-electron chi connectivity index (χ0n) is 15.3. The second-order valence-electron chi connectivity index (χ2n) is 6.41. The van der Waals surface area contributed by atoms with Gasteiger partial charge in [-0.1, -0.05) is 29.8 Å². The Morgan fingerprint density at radius 1 is 1.10 bits per heavy atom. The first-order valence-corrected chi connectivity index (χ1v) is 10.3. The normalized spacial score (nSPS) is 12.7. The molecule has 3 aromatic carbocycles. The molecule has 0 atom stereocenters. The van der Waals surface area contributed by atoms with Crippen LogP contribution in [0.2, 0.25) is 5.02 Å². The molecular weight excluding hydrogens is 408 g/mol. The molecule has 146 valence electrons. The van der Waals surface area contributed by atoms with Gasteiger partial charge in [-0.25, -0.2) is 0 Å². The summed E-state index contributed by atoms with van der Waals surface area (Å²) in [7, 11) is 0. The van der Waals surface area contributed by atoms with E-state index in [1.807, 2.05) is 30.3 Å². The molecule has 0 saturated carbocycles. The van der Waals surface area contributed by atoms with Gasteiger partial charge in [-0.15, -0.1) is 11.8 Å². The van der Waals surface area contributed by atoms with Crippen LogP contribution in [-0.2, 0) is 11.4 Å². The molecule has 2 N–H and O–H groups in total. The summed E-state index contributed by atoms with van der Waals surface area (Å²) in [5.41, 5.74) is 2.70. The minimum absolute atomic E-state index is 0.0626. The highest BCUT2D eigenvalue weighted by Crippen LogP contribution is 2.32. The minimum atomic E-state index is -0.248. The maximum Gasteiger partial charge on any atom is 0.255 e. The van der Waals surface area contributed by atoms with Gasteiger partial charge in [-0.05, 0) is 48.5 Å². The minimum Gasteiger partial charge on any atom is -0.489 e. The van der Waals surface area contributed by atoms with Crippen LogP contribution in [0.1, 0.15) is 15.9 Å². The predicted octanol–water partition coefficient (Wildman–Crippen LogP) is 5.22. The summed E-state index contributed by atoms with van der Waals surface area (Å²) in [6.07, 6.45) is 0. The standard InChI is InChI=1S/C22H17ClN2O3S/c23-18-4-2-1-3-15(18)12-28-17-8-6-16(7-9-17)24-22(27)14-5-10-20-19(11-14)25-21(26)13-29-20/h1-11H,12-13H2,(H,24,27)(H,25,26). The first-order chi connectivity index (χ1) is 14.1. The molecule has 2 amide bonds. The molecule has 0 fully saturated rings. The van der Waals surface area contributed by atoms with Gasteiger partial charge < -0.3 is 15.4 Å². The van der Waals surface area contributed by atoms with Crippen LogP contribution in [0, 0.1) is 0 Å². The molecule has 3 aromatic rings. The molecule has 0 aliphatic carbocycles. The molecule has 29 heavy (non-hydrogen) atoms. The lowest BCUT2D eigenvalue weighted by atomic mass is 10.1. The highest BCUT2D eigenvalue weighted by molar-refractivity contribution is 8.00. The van der Waals surface area contributed by atoms with E-state index in [0.717, 1.165) is 10.5 Å². The van der Waals surface area contributed by atoms with Crippen LogP contribution >= 0.6 is 23.4 Å². The van der Waals surface area contributed by atoms with Gasteiger partial charge in [-0.2, -0.15) is 0 Å². The summed E-state index contributed by atoms with van der Waals surface area (Å²) < 4.78 is 5.75. The molecule has 0 radical (unpaired) electrons. The maximum absolute atomic E-state index is 12.5. The summed E-state index contributed by atoms with van der Waals surface area (Å²) in [5.74, 6) is 0.759. The smallest absolute Gasteiger partial charge is 0.255 e. The Bertz CT molecular complexity index is 1070. The molecule has 0 bridgehead atoms. The number of hydrogen-bond acceptors (Lipinski definition) is 4. The molecule has 4 rings (SSSR count). The molecular formula is C22H17ClN2O3S. The first kappa shape index (κ1) is 19.4. The van der Waals surface area contributed by atoms with E-state index in [-0.39, 0.29) is 11.8 Å². The molecule has 0 saturated heterocycles. The number of hydrogen-bond donors (Lipinski definition) is 2. The maximum atomic E-state index is 12.5. The lowest BCUT2D eigenvalue weighted by Crippen LogP contribution is -2.19. The van der Waals surface area contributed by atoms with Crippen molar-refractivity contribution in [2.75, 3.05) is 16.4 Å². The van der Waals surface area contributed by atoms with Crippen LogP contribution < -0.4 is 15.4 Å². The molecule has 1 heterocycles. The van der Waals surface area contributed by atoms with Crippen molar-refractivity contribution >= 4 is 46.6 Å². The van der Waals surface area contributed by atoms with Crippen LogP contribution in [0.4, 0.5) is 11.4 Å². The summed E-state index contributed by atoms with van der Waals surface area (Å²) in [4.78, 5) is 25.0. The van der Waals surface area contributed by atoms with E-state index in [2.05, 4.69) is 10.6 Å². The quantitative estimate of drug-likeness (QED) is 0.589. The Kier molecular flexibility index (Phi) is 5.74. The molecule has 1 aliphatic rings. The Morgan fingerprint density at radius 2 is 1.90 bits per heavy atom. The SMILES string of the molecule is O=C1CSc2ccc(C(=O)Nc3ccc(OCc4ccccc4Cl)cc3)cc2N1. The van der Waals surface area contributed by atoms with Gasteiger partial charge in [0.2, 0.25) is 5.91 Å². The van der Waals surface area contributed by atoms with Gasteiger partial charge in [-0.3, -0.25) is 9.59 Å². The van der Waals surface area contributed by atoms with E-state index in [0.29, 0.717) is 40.1 Å². The van der Waals surface area contributed by atoms with Crippen LogP contribution in [0.3, 0.4) is 0 Å². The van der Waals surface area contributed by atoms with Gasteiger partial charge in [0.05, 0.1) is 11.4 Å². The van der Waals surface area contributed by atoms with Crippen molar-refractivity contribution in [3.05, 3.63) is 82.9 Å². The fourth-order valence-corrected chi connectivity index (χ4v) is 3.82. The van der Waals surface area contributed by atoms with Crippen molar-refractivity contribution in [3.8, 4) is 5.75 Å². The Balaban J connectivity index is 1.38. The number of nitrogens with one attached hydrogen (secondary N) is 2. The lowest BCUT2D eigenvalue weighted by Gasteiger charge is -2.17. The monoisotopic (exact) mass is 424 g/mol. The Labute approximate surface area is 177 Å². The second-order valence-corrected chi connectivity index (χ2v) is 7.83. The van der Waals surface area contributed by atoms with Gasteiger partial charge >= 0.3 is 0 Å².